The van der Waals surface area contributed by atoms with Crippen molar-refractivity contribution < 1.29 is 0 Å². The van der Waals surface area contributed by atoms with Crippen molar-refractivity contribution in [1.82, 2.24) is 0 Å². The number of benzene rings is 1. The van der Waals surface area contributed by atoms with E-state index >= 15 is 0 Å². The summed E-state index contributed by atoms with van der Waals surface area (Å²) in [6.07, 6.45) is 3.68. The van der Waals surface area contributed by atoms with Gasteiger partial charge in [-0.05, 0) is 43.5 Å². The van der Waals surface area contributed by atoms with Crippen molar-refractivity contribution in [3.05, 3.63) is 76.4 Å². The van der Waals surface area contributed by atoms with Crippen LogP contribution in [0.15, 0.2) is 71.6 Å². The zero-order valence-electron chi connectivity index (χ0n) is 15.8. The highest BCUT2D eigenvalue weighted by atomic mass is 32.1. The summed E-state index contributed by atoms with van der Waals surface area (Å²) in [6, 6.07) is 12.7. The van der Waals surface area contributed by atoms with Crippen molar-refractivity contribution in [2.75, 3.05) is 16.8 Å². The first kappa shape index (κ1) is 16.6. The molecule has 1 fully saturated rings. The van der Waals surface area contributed by atoms with Crippen LogP contribution in [0.1, 0.15) is 29.0 Å². The van der Waals surface area contributed by atoms with Gasteiger partial charge >= 0.3 is 0 Å². The van der Waals surface area contributed by atoms with Crippen LogP contribution in [0, 0.1) is 12.8 Å². The van der Waals surface area contributed by atoms with Crippen molar-refractivity contribution in [2.24, 2.45) is 10.9 Å². The number of nitrogens with zero attached hydrogens (tertiary/aromatic N) is 3. The molecule has 0 unspecified atom stereocenters. The first-order valence-electron chi connectivity index (χ1n) is 9.47. The monoisotopic (exact) mass is 373 g/mol. The van der Waals surface area contributed by atoms with E-state index in [0.29, 0.717) is 5.92 Å². The lowest BCUT2D eigenvalue weighted by Gasteiger charge is -2.43. The number of hydrogen-bond acceptors (Lipinski definition) is 4. The summed E-state index contributed by atoms with van der Waals surface area (Å²) in [4.78, 5) is 12.2. The predicted octanol–water partition coefficient (Wildman–Crippen LogP) is 5.96. The number of para-hydroxylation sites is 1. The molecule has 2 aliphatic heterocycles. The van der Waals surface area contributed by atoms with Gasteiger partial charge in [0.2, 0.25) is 0 Å². The number of aryl methyl sites for hydroxylation is 1. The van der Waals surface area contributed by atoms with Gasteiger partial charge < -0.3 is 4.90 Å². The summed E-state index contributed by atoms with van der Waals surface area (Å²) in [5.74, 6) is 2.62. The average molecular weight is 374 g/mol. The summed E-state index contributed by atoms with van der Waals surface area (Å²) in [7, 11) is 2.11. The van der Waals surface area contributed by atoms with E-state index in [9.17, 15) is 0 Å². The normalized spacial score (nSPS) is 19.7. The second kappa shape index (κ2) is 5.96. The van der Waals surface area contributed by atoms with Gasteiger partial charge in [-0.1, -0.05) is 37.8 Å². The molecule has 4 heteroatoms. The summed E-state index contributed by atoms with van der Waals surface area (Å²) < 4.78 is 0. The van der Waals surface area contributed by atoms with E-state index in [-0.39, 0.29) is 0 Å². The molecule has 0 N–H and O–H groups in total. The molecule has 0 atom stereocenters. The summed E-state index contributed by atoms with van der Waals surface area (Å²) in [5.41, 5.74) is 5.43. The van der Waals surface area contributed by atoms with Crippen LogP contribution in [0.4, 0.5) is 11.4 Å². The molecular weight excluding hydrogens is 350 g/mol. The van der Waals surface area contributed by atoms with E-state index in [1.54, 1.807) is 11.3 Å². The molecule has 0 radical (unpaired) electrons. The summed E-state index contributed by atoms with van der Waals surface area (Å²) in [5, 5.41) is 0. The minimum Gasteiger partial charge on any atom is -0.328 e. The Bertz CT molecular complexity index is 1020. The number of fused-ring (bicyclic) bond motifs is 1. The maximum absolute atomic E-state index is 5.20. The van der Waals surface area contributed by atoms with E-state index in [2.05, 4.69) is 73.3 Å². The molecule has 3 nitrogen and oxygen atoms in total. The number of hydrogen-bond donors (Lipinski definition) is 0. The molecule has 0 saturated heterocycles. The zero-order valence-corrected chi connectivity index (χ0v) is 16.6. The lowest BCUT2D eigenvalue weighted by atomic mass is 9.82. The first-order chi connectivity index (χ1) is 13.1. The molecule has 0 amide bonds. The van der Waals surface area contributed by atoms with E-state index in [1.165, 1.54) is 34.7 Å². The second-order valence-electron chi connectivity index (χ2n) is 7.52. The van der Waals surface area contributed by atoms with E-state index < -0.39 is 0 Å². The third kappa shape index (κ3) is 2.36. The van der Waals surface area contributed by atoms with Crippen molar-refractivity contribution in [2.45, 2.75) is 26.2 Å². The number of anilines is 2. The number of allylic oxidation sites excluding steroid dienone is 1. The van der Waals surface area contributed by atoms with Gasteiger partial charge in [-0.3, -0.25) is 4.90 Å². The van der Waals surface area contributed by atoms with Crippen LogP contribution >= 0.6 is 11.3 Å². The van der Waals surface area contributed by atoms with Crippen LogP contribution in [0.2, 0.25) is 0 Å². The summed E-state index contributed by atoms with van der Waals surface area (Å²) in [6.45, 7) is 11.1. The highest BCUT2D eigenvalue weighted by molar-refractivity contribution is 7.13. The van der Waals surface area contributed by atoms with Crippen LogP contribution in [0.5, 0.6) is 0 Å². The van der Waals surface area contributed by atoms with Crippen molar-refractivity contribution in [3.63, 3.8) is 0 Å². The SMILES string of the molecule is C=C1C2=C(N=C(C3CCC3)N(c3ccccc3)C2=C)N(C)c2cc(C)sc21. The minimum atomic E-state index is 0.503. The molecule has 1 aromatic heterocycles. The van der Waals surface area contributed by atoms with E-state index in [0.717, 1.165) is 34.2 Å². The van der Waals surface area contributed by atoms with Gasteiger partial charge in [-0.2, -0.15) is 0 Å². The summed E-state index contributed by atoms with van der Waals surface area (Å²) >= 11 is 1.80. The fourth-order valence-electron chi connectivity index (χ4n) is 4.14. The maximum Gasteiger partial charge on any atom is 0.144 e. The highest BCUT2D eigenvalue weighted by Gasteiger charge is 2.39. The quantitative estimate of drug-likeness (QED) is 0.646. The third-order valence-corrected chi connectivity index (χ3v) is 6.91. The fraction of sp³-hybridized carbons (Fsp3) is 0.261. The minimum absolute atomic E-state index is 0.503. The Morgan fingerprint density at radius 2 is 1.89 bits per heavy atom. The van der Waals surface area contributed by atoms with Crippen molar-refractivity contribution >= 4 is 34.1 Å². The molecule has 1 saturated carbocycles. The van der Waals surface area contributed by atoms with Gasteiger partial charge in [0.05, 0.1) is 16.3 Å². The van der Waals surface area contributed by atoms with Crippen molar-refractivity contribution in [1.29, 1.82) is 0 Å². The predicted molar refractivity (Wildman–Crippen MR) is 116 cm³/mol. The van der Waals surface area contributed by atoms with Crippen LogP contribution in [-0.4, -0.2) is 12.9 Å². The smallest absolute Gasteiger partial charge is 0.144 e. The highest BCUT2D eigenvalue weighted by Crippen LogP contribution is 2.49. The molecule has 3 heterocycles. The molecular formula is C23H23N3S. The molecule has 136 valence electrons. The molecule has 3 aliphatic rings. The standard InChI is InChI=1S/C23H23N3S/c1-14-13-19-21(27-14)15(2)20-16(3)26(18-11-6-5-7-12-18)22(17-9-8-10-17)24-23(20)25(19)4/h5-7,11-13,17H,2-3,8-10H2,1,4H3. The Morgan fingerprint density at radius 3 is 2.56 bits per heavy atom. The maximum atomic E-state index is 5.20. The van der Waals surface area contributed by atoms with E-state index in [1.807, 2.05) is 0 Å². The van der Waals surface area contributed by atoms with Gasteiger partial charge in [-0.25, -0.2) is 4.99 Å². The Hall–Kier alpha value is -2.59. The van der Waals surface area contributed by atoms with Gasteiger partial charge in [0.1, 0.15) is 11.7 Å². The van der Waals surface area contributed by atoms with Gasteiger partial charge in [0.15, 0.2) is 0 Å². The molecule has 0 spiro atoms. The Morgan fingerprint density at radius 1 is 1.15 bits per heavy atom. The Kier molecular flexibility index (Phi) is 3.66. The van der Waals surface area contributed by atoms with E-state index in [4.69, 9.17) is 4.99 Å². The number of aliphatic imine (C=N–C) groups is 1. The third-order valence-electron chi connectivity index (χ3n) is 5.81. The average Bonchev–Trinajstić information content (AvgIpc) is 3.01. The topological polar surface area (TPSA) is 18.8 Å². The molecule has 0 bridgehead atoms. The Labute approximate surface area is 164 Å². The van der Waals surface area contributed by atoms with Crippen LogP contribution < -0.4 is 9.80 Å². The van der Waals surface area contributed by atoms with Crippen LogP contribution in [-0.2, 0) is 0 Å². The number of rotatable bonds is 2. The largest absolute Gasteiger partial charge is 0.328 e. The fourth-order valence-corrected chi connectivity index (χ4v) is 5.16. The van der Waals surface area contributed by atoms with Crippen molar-refractivity contribution in [3.8, 4) is 0 Å². The zero-order chi connectivity index (χ0) is 18.7. The number of amidine groups is 1. The van der Waals surface area contributed by atoms with Gasteiger partial charge in [0, 0.05) is 29.1 Å². The van der Waals surface area contributed by atoms with Gasteiger partial charge in [-0.15, -0.1) is 11.3 Å². The lowest BCUT2D eigenvalue weighted by molar-refractivity contribution is 0.409. The first-order valence-corrected chi connectivity index (χ1v) is 10.3. The van der Waals surface area contributed by atoms with Crippen LogP contribution in [0.25, 0.3) is 5.57 Å². The Balaban J connectivity index is 1.69. The van der Waals surface area contributed by atoms with Gasteiger partial charge in [0.25, 0.3) is 0 Å². The lowest BCUT2D eigenvalue weighted by Crippen LogP contribution is -2.43. The second-order valence-corrected chi connectivity index (χ2v) is 8.78. The molecule has 1 aromatic carbocycles. The molecule has 27 heavy (non-hydrogen) atoms. The molecule has 5 rings (SSSR count). The van der Waals surface area contributed by atoms with Crippen LogP contribution in [0.3, 0.4) is 0 Å². The number of thiophene rings is 1. The molecule has 1 aliphatic carbocycles. The molecule has 2 aromatic rings.